The lowest BCUT2D eigenvalue weighted by Crippen LogP contribution is -2.49. The smallest absolute Gasteiger partial charge is 0.324 e. The zero-order valence-electron chi connectivity index (χ0n) is 15.0. The first kappa shape index (κ1) is 17.5. The summed E-state index contributed by atoms with van der Waals surface area (Å²) in [5.41, 5.74) is 2.47. The number of amides is 3. The summed E-state index contributed by atoms with van der Waals surface area (Å²) < 4.78 is 13.1. The highest BCUT2D eigenvalue weighted by molar-refractivity contribution is 5.95. The minimum atomic E-state index is -0.279. The van der Waals surface area contributed by atoms with Crippen LogP contribution in [0, 0.1) is 11.7 Å². The molecule has 2 aromatic carbocycles. The molecule has 1 N–H and O–H groups in total. The zero-order valence-corrected chi connectivity index (χ0v) is 15.0. The van der Waals surface area contributed by atoms with Gasteiger partial charge in [-0.05, 0) is 61.2 Å². The van der Waals surface area contributed by atoms with Crippen molar-refractivity contribution in [1.82, 2.24) is 4.90 Å². The highest BCUT2D eigenvalue weighted by Gasteiger charge is 2.30. The molecule has 0 aromatic heterocycles. The molecule has 2 aromatic rings. The van der Waals surface area contributed by atoms with Gasteiger partial charge in [0, 0.05) is 36.9 Å². The van der Waals surface area contributed by atoms with E-state index in [1.165, 1.54) is 12.1 Å². The average molecular weight is 367 g/mol. The second-order valence-electron chi connectivity index (χ2n) is 7.15. The molecule has 0 atom stereocenters. The SMILES string of the molecule is O=C(Nc1ccc(N2CCCN(Cc3ccc(F)cc3)C2=O)cc1)C1CC1. The van der Waals surface area contributed by atoms with E-state index in [9.17, 15) is 14.0 Å². The summed E-state index contributed by atoms with van der Waals surface area (Å²) in [6.45, 7) is 1.81. The van der Waals surface area contributed by atoms with Crippen LogP contribution in [0.1, 0.15) is 24.8 Å². The second-order valence-corrected chi connectivity index (χ2v) is 7.15. The molecular weight excluding hydrogens is 345 g/mol. The van der Waals surface area contributed by atoms with E-state index >= 15 is 0 Å². The Kier molecular flexibility index (Phi) is 4.79. The van der Waals surface area contributed by atoms with Crippen molar-refractivity contribution in [3.8, 4) is 0 Å². The Morgan fingerprint density at radius 2 is 1.74 bits per heavy atom. The molecule has 4 rings (SSSR count). The Hall–Kier alpha value is -2.89. The standard InChI is InChI=1S/C21H22FN3O2/c22-17-6-2-15(3-7-17)14-24-12-1-13-25(21(24)27)19-10-8-18(9-11-19)23-20(26)16-4-5-16/h2-3,6-11,16H,1,4-5,12-14H2,(H,23,26). The molecule has 1 aliphatic carbocycles. The number of nitrogens with zero attached hydrogens (tertiary/aromatic N) is 2. The number of anilines is 2. The van der Waals surface area contributed by atoms with E-state index in [0.29, 0.717) is 19.6 Å². The fraction of sp³-hybridized carbons (Fsp3) is 0.333. The maximum atomic E-state index is 13.1. The maximum absolute atomic E-state index is 13.1. The predicted octanol–water partition coefficient (Wildman–Crippen LogP) is 4.01. The van der Waals surface area contributed by atoms with Crippen molar-refractivity contribution in [1.29, 1.82) is 0 Å². The van der Waals surface area contributed by atoms with Gasteiger partial charge in [-0.15, -0.1) is 0 Å². The van der Waals surface area contributed by atoms with E-state index in [0.717, 1.165) is 36.2 Å². The van der Waals surface area contributed by atoms with Crippen LogP contribution in [0.25, 0.3) is 0 Å². The van der Waals surface area contributed by atoms with Crippen LogP contribution >= 0.6 is 0 Å². The lowest BCUT2D eigenvalue weighted by Gasteiger charge is -2.35. The number of hydrogen-bond acceptors (Lipinski definition) is 2. The van der Waals surface area contributed by atoms with E-state index in [-0.39, 0.29) is 23.7 Å². The number of nitrogens with one attached hydrogen (secondary N) is 1. The summed E-state index contributed by atoms with van der Waals surface area (Å²) in [5, 5.41) is 2.91. The predicted molar refractivity (Wildman–Crippen MR) is 102 cm³/mol. The summed E-state index contributed by atoms with van der Waals surface area (Å²) in [5.74, 6) is -0.0464. The van der Waals surface area contributed by atoms with E-state index in [1.807, 2.05) is 24.3 Å². The van der Waals surface area contributed by atoms with Crippen molar-refractivity contribution < 1.29 is 14.0 Å². The van der Waals surface area contributed by atoms with Gasteiger partial charge in [0.15, 0.2) is 0 Å². The molecule has 0 radical (unpaired) electrons. The third-order valence-electron chi connectivity index (χ3n) is 4.99. The van der Waals surface area contributed by atoms with E-state index in [1.54, 1.807) is 21.9 Å². The Labute approximate surface area is 157 Å². The van der Waals surface area contributed by atoms with Gasteiger partial charge in [-0.3, -0.25) is 9.69 Å². The fourth-order valence-corrected chi connectivity index (χ4v) is 3.29. The van der Waals surface area contributed by atoms with Crippen LogP contribution in [0.5, 0.6) is 0 Å². The van der Waals surface area contributed by atoms with Gasteiger partial charge in [0.1, 0.15) is 5.82 Å². The Bertz CT molecular complexity index is 832. The summed E-state index contributed by atoms with van der Waals surface area (Å²) in [6, 6.07) is 13.6. The van der Waals surface area contributed by atoms with Crippen molar-refractivity contribution in [2.45, 2.75) is 25.8 Å². The highest BCUT2D eigenvalue weighted by Crippen LogP contribution is 2.30. The third kappa shape index (κ3) is 4.10. The summed E-state index contributed by atoms with van der Waals surface area (Å²) in [6.07, 6.45) is 2.80. The molecule has 2 fully saturated rings. The van der Waals surface area contributed by atoms with Crippen molar-refractivity contribution in [2.75, 3.05) is 23.3 Å². The van der Waals surface area contributed by atoms with Crippen LogP contribution < -0.4 is 10.2 Å². The number of urea groups is 1. The summed E-state index contributed by atoms with van der Waals surface area (Å²) in [4.78, 5) is 28.2. The lowest BCUT2D eigenvalue weighted by molar-refractivity contribution is -0.117. The van der Waals surface area contributed by atoms with Crippen molar-refractivity contribution in [3.63, 3.8) is 0 Å². The number of rotatable bonds is 5. The molecular formula is C21H22FN3O2. The minimum Gasteiger partial charge on any atom is -0.326 e. The monoisotopic (exact) mass is 367 g/mol. The van der Waals surface area contributed by atoms with Gasteiger partial charge in [-0.1, -0.05) is 12.1 Å². The van der Waals surface area contributed by atoms with Crippen LogP contribution in [0.4, 0.5) is 20.6 Å². The second kappa shape index (κ2) is 7.39. The Morgan fingerprint density at radius 1 is 1.04 bits per heavy atom. The first-order chi connectivity index (χ1) is 13.1. The van der Waals surface area contributed by atoms with E-state index in [2.05, 4.69) is 5.32 Å². The van der Waals surface area contributed by atoms with E-state index in [4.69, 9.17) is 0 Å². The van der Waals surface area contributed by atoms with Crippen LogP contribution in [-0.4, -0.2) is 29.9 Å². The van der Waals surface area contributed by atoms with E-state index < -0.39 is 0 Å². The van der Waals surface area contributed by atoms with Crippen LogP contribution in [-0.2, 0) is 11.3 Å². The Balaban J connectivity index is 1.42. The number of benzene rings is 2. The molecule has 1 saturated heterocycles. The first-order valence-electron chi connectivity index (χ1n) is 9.32. The molecule has 140 valence electrons. The van der Waals surface area contributed by atoms with Gasteiger partial charge < -0.3 is 10.2 Å². The molecule has 6 heteroatoms. The van der Waals surface area contributed by atoms with Gasteiger partial charge in [0.25, 0.3) is 0 Å². The number of halogens is 1. The zero-order chi connectivity index (χ0) is 18.8. The fourth-order valence-electron chi connectivity index (χ4n) is 3.29. The molecule has 1 aliphatic heterocycles. The van der Waals surface area contributed by atoms with Gasteiger partial charge >= 0.3 is 6.03 Å². The van der Waals surface area contributed by atoms with Crippen molar-refractivity contribution >= 4 is 23.3 Å². The molecule has 1 saturated carbocycles. The molecule has 0 unspecified atom stereocenters. The molecule has 5 nitrogen and oxygen atoms in total. The molecule has 0 spiro atoms. The van der Waals surface area contributed by atoms with Crippen LogP contribution in [0.15, 0.2) is 48.5 Å². The van der Waals surface area contributed by atoms with Gasteiger partial charge in [0.05, 0.1) is 0 Å². The first-order valence-corrected chi connectivity index (χ1v) is 9.32. The quantitative estimate of drug-likeness (QED) is 0.868. The number of carbonyl (C=O) groups is 2. The molecule has 0 bridgehead atoms. The molecule has 3 amide bonds. The Morgan fingerprint density at radius 3 is 2.41 bits per heavy atom. The maximum Gasteiger partial charge on any atom is 0.324 e. The third-order valence-corrected chi connectivity index (χ3v) is 4.99. The van der Waals surface area contributed by atoms with Crippen LogP contribution in [0.2, 0.25) is 0 Å². The topological polar surface area (TPSA) is 52.7 Å². The van der Waals surface area contributed by atoms with Crippen molar-refractivity contribution in [2.24, 2.45) is 5.92 Å². The van der Waals surface area contributed by atoms with Crippen LogP contribution in [0.3, 0.4) is 0 Å². The van der Waals surface area contributed by atoms with Gasteiger partial charge in [0.2, 0.25) is 5.91 Å². The molecule has 1 heterocycles. The van der Waals surface area contributed by atoms with Gasteiger partial charge in [-0.2, -0.15) is 0 Å². The summed E-state index contributed by atoms with van der Waals surface area (Å²) >= 11 is 0. The summed E-state index contributed by atoms with van der Waals surface area (Å²) in [7, 11) is 0. The number of carbonyl (C=O) groups excluding carboxylic acids is 2. The van der Waals surface area contributed by atoms with Gasteiger partial charge in [-0.25, -0.2) is 9.18 Å². The van der Waals surface area contributed by atoms with Crippen molar-refractivity contribution in [3.05, 3.63) is 59.9 Å². The molecule has 2 aliphatic rings. The highest BCUT2D eigenvalue weighted by atomic mass is 19.1. The normalized spacial score (nSPS) is 17.1. The lowest BCUT2D eigenvalue weighted by atomic mass is 10.1. The number of hydrogen-bond donors (Lipinski definition) is 1. The largest absolute Gasteiger partial charge is 0.326 e. The average Bonchev–Trinajstić information content (AvgIpc) is 3.51. The molecule has 27 heavy (non-hydrogen) atoms. The minimum absolute atomic E-state index is 0.0552.